The number of benzene rings is 2. The molecule has 4 rings (SSSR count). The first kappa shape index (κ1) is 16.2. The molecule has 3 aromatic rings. The third-order valence-corrected chi connectivity index (χ3v) is 5.91. The summed E-state index contributed by atoms with van der Waals surface area (Å²) in [4.78, 5) is 4.68. The highest BCUT2D eigenvalue weighted by Crippen LogP contribution is 2.35. The topological polar surface area (TPSA) is 60.5 Å². The molecule has 0 radical (unpaired) electrons. The third-order valence-electron chi connectivity index (χ3n) is 3.68. The van der Waals surface area contributed by atoms with Crippen LogP contribution in [0.1, 0.15) is 11.5 Å². The number of hydrogen-bond acceptors (Lipinski definition) is 7. The second-order valence-corrected chi connectivity index (χ2v) is 7.50. The Labute approximate surface area is 153 Å². The van der Waals surface area contributed by atoms with Crippen molar-refractivity contribution in [2.75, 3.05) is 7.11 Å². The number of ether oxygens (including phenoxy) is 1. The molecule has 0 aliphatic carbocycles. The monoisotopic (exact) mass is 369 g/mol. The minimum atomic E-state index is 0.516. The Morgan fingerprint density at radius 2 is 1.96 bits per heavy atom. The highest BCUT2D eigenvalue weighted by atomic mass is 32.2. The fraction of sp³-hybridized carbons (Fsp3) is 0.167. The molecule has 1 aromatic heterocycles. The van der Waals surface area contributed by atoms with E-state index >= 15 is 0 Å². The van der Waals surface area contributed by atoms with Gasteiger partial charge in [0.05, 0.1) is 18.6 Å². The Morgan fingerprint density at radius 3 is 2.80 bits per heavy atom. The third kappa shape index (κ3) is 3.72. The van der Waals surface area contributed by atoms with Crippen molar-refractivity contribution in [1.82, 2.24) is 10.2 Å². The maximum Gasteiger partial charge on any atom is 0.247 e. The van der Waals surface area contributed by atoms with Gasteiger partial charge in [-0.05, 0) is 35.9 Å². The quantitative estimate of drug-likeness (QED) is 0.651. The zero-order valence-electron chi connectivity index (χ0n) is 13.5. The minimum absolute atomic E-state index is 0.516. The fourth-order valence-electron chi connectivity index (χ4n) is 2.37. The van der Waals surface area contributed by atoms with Gasteiger partial charge in [0.1, 0.15) is 10.1 Å². The summed E-state index contributed by atoms with van der Waals surface area (Å²) in [5.41, 5.74) is 3.20. The van der Waals surface area contributed by atoms with Gasteiger partial charge in [-0.25, -0.2) is 4.99 Å². The van der Waals surface area contributed by atoms with Crippen molar-refractivity contribution in [3.05, 3.63) is 60.0 Å². The van der Waals surface area contributed by atoms with Crippen LogP contribution in [0.2, 0.25) is 0 Å². The molecule has 0 unspecified atom stereocenters. The van der Waals surface area contributed by atoms with Crippen molar-refractivity contribution >= 4 is 33.6 Å². The molecule has 1 aliphatic heterocycles. The van der Waals surface area contributed by atoms with E-state index in [9.17, 15) is 0 Å². The first-order valence-electron chi connectivity index (χ1n) is 7.71. The molecule has 0 spiro atoms. The summed E-state index contributed by atoms with van der Waals surface area (Å²) in [6.45, 7) is 0. The van der Waals surface area contributed by atoms with Crippen LogP contribution in [0.25, 0.3) is 11.5 Å². The molecule has 5 nitrogen and oxygen atoms in total. The zero-order valence-corrected chi connectivity index (χ0v) is 15.1. The van der Waals surface area contributed by atoms with Gasteiger partial charge in [-0.2, -0.15) is 0 Å². The van der Waals surface area contributed by atoms with Gasteiger partial charge in [-0.15, -0.1) is 10.2 Å². The van der Waals surface area contributed by atoms with E-state index in [1.165, 1.54) is 5.56 Å². The maximum atomic E-state index is 5.76. The Balaban J connectivity index is 1.42. The highest BCUT2D eigenvalue weighted by molar-refractivity contribution is 8.38. The molecular weight excluding hydrogens is 354 g/mol. The van der Waals surface area contributed by atoms with Crippen molar-refractivity contribution in [2.45, 2.75) is 11.5 Å². The number of aliphatic imine (C=N–C) groups is 1. The van der Waals surface area contributed by atoms with Gasteiger partial charge < -0.3 is 9.15 Å². The second-order valence-electron chi connectivity index (χ2n) is 5.31. The smallest absolute Gasteiger partial charge is 0.247 e. The van der Waals surface area contributed by atoms with Crippen LogP contribution in [0.3, 0.4) is 0 Å². The number of rotatable bonds is 4. The summed E-state index contributed by atoms with van der Waals surface area (Å²) in [6, 6.07) is 15.8. The second kappa shape index (κ2) is 7.33. The van der Waals surface area contributed by atoms with Crippen molar-refractivity contribution in [2.24, 2.45) is 4.99 Å². The molecule has 0 N–H and O–H groups in total. The van der Waals surface area contributed by atoms with Gasteiger partial charge >= 0.3 is 0 Å². The average Bonchev–Trinajstić information content (AvgIpc) is 3.15. The molecule has 1 aliphatic rings. The summed E-state index contributed by atoms with van der Waals surface area (Å²) in [7, 11) is 1.64. The van der Waals surface area contributed by atoms with Crippen molar-refractivity contribution in [1.29, 1.82) is 0 Å². The van der Waals surface area contributed by atoms with Gasteiger partial charge in [0.2, 0.25) is 11.8 Å². The normalized spacial score (nSPS) is 13.2. The fourth-order valence-corrected chi connectivity index (χ4v) is 4.27. The molecule has 0 atom stereocenters. The predicted molar refractivity (Wildman–Crippen MR) is 102 cm³/mol. The SMILES string of the molecule is COc1ccc(-c2nnc(CSC3=Nc4ccccc4CS3)o2)cc1. The Bertz CT molecular complexity index is 907. The summed E-state index contributed by atoms with van der Waals surface area (Å²) in [6.07, 6.45) is 0. The summed E-state index contributed by atoms with van der Waals surface area (Å²) < 4.78 is 11.9. The molecule has 2 heterocycles. The molecule has 0 saturated carbocycles. The molecule has 7 heteroatoms. The lowest BCUT2D eigenvalue weighted by Gasteiger charge is -2.13. The van der Waals surface area contributed by atoms with Crippen LogP contribution >= 0.6 is 23.5 Å². The Morgan fingerprint density at radius 1 is 1.12 bits per heavy atom. The van der Waals surface area contributed by atoms with E-state index in [-0.39, 0.29) is 0 Å². The van der Waals surface area contributed by atoms with Crippen LogP contribution in [0.5, 0.6) is 5.75 Å². The summed E-state index contributed by atoms with van der Waals surface area (Å²) >= 11 is 3.37. The van der Waals surface area contributed by atoms with Gasteiger partial charge in [-0.3, -0.25) is 0 Å². The van der Waals surface area contributed by atoms with E-state index in [2.05, 4.69) is 21.3 Å². The van der Waals surface area contributed by atoms with E-state index in [0.29, 0.717) is 17.5 Å². The van der Waals surface area contributed by atoms with E-state index in [0.717, 1.165) is 27.1 Å². The lowest BCUT2D eigenvalue weighted by Crippen LogP contribution is -1.96. The van der Waals surface area contributed by atoms with Crippen molar-refractivity contribution in [3.63, 3.8) is 0 Å². The Kier molecular flexibility index (Phi) is 4.76. The van der Waals surface area contributed by atoms with Crippen LogP contribution in [0, 0.1) is 0 Å². The molecule has 0 fully saturated rings. The van der Waals surface area contributed by atoms with E-state index < -0.39 is 0 Å². The average molecular weight is 369 g/mol. The lowest BCUT2D eigenvalue weighted by atomic mass is 10.2. The summed E-state index contributed by atoms with van der Waals surface area (Å²) in [5.74, 6) is 3.46. The Hall–Kier alpha value is -2.25. The minimum Gasteiger partial charge on any atom is -0.497 e. The van der Waals surface area contributed by atoms with Gasteiger partial charge in [-0.1, -0.05) is 41.7 Å². The van der Waals surface area contributed by atoms with E-state index in [4.69, 9.17) is 9.15 Å². The molecule has 25 heavy (non-hydrogen) atoms. The number of aromatic nitrogens is 2. The van der Waals surface area contributed by atoms with E-state index in [1.54, 1.807) is 30.6 Å². The van der Waals surface area contributed by atoms with Crippen molar-refractivity contribution < 1.29 is 9.15 Å². The van der Waals surface area contributed by atoms with Crippen molar-refractivity contribution in [3.8, 4) is 17.2 Å². The van der Waals surface area contributed by atoms with Gasteiger partial charge in [0.25, 0.3) is 0 Å². The molecule has 0 bridgehead atoms. The number of hydrogen-bond donors (Lipinski definition) is 0. The highest BCUT2D eigenvalue weighted by Gasteiger charge is 2.15. The molecule has 126 valence electrons. The number of methoxy groups -OCH3 is 1. The number of thioether (sulfide) groups is 2. The number of para-hydroxylation sites is 1. The predicted octanol–water partition coefficient (Wildman–Crippen LogP) is 4.91. The standard InChI is InChI=1S/C18H15N3O2S2/c1-22-14-8-6-12(7-9-14)17-21-20-16(23-17)11-25-18-19-15-5-3-2-4-13(15)10-24-18/h2-9H,10-11H2,1H3. The van der Waals surface area contributed by atoms with Crippen LogP contribution < -0.4 is 4.74 Å². The lowest BCUT2D eigenvalue weighted by molar-refractivity contribution is 0.415. The zero-order chi connectivity index (χ0) is 17.1. The maximum absolute atomic E-state index is 5.76. The first-order chi connectivity index (χ1) is 12.3. The molecule has 0 amide bonds. The van der Waals surface area contributed by atoms with E-state index in [1.807, 2.05) is 42.5 Å². The van der Waals surface area contributed by atoms with Crippen LogP contribution in [-0.2, 0) is 11.5 Å². The molecule has 0 saturated heterocycles. The van der Waals surface area contributed by atoms with Gasteiger partial charge in [0.15, 0.2) is 0 Å². The number of fused-ring (bicyclic) bond motifs is 1. The molecular formula is C18H15N3O2S2. The van der Waals surface area contributed by atoms with Crippen LogP contribution in [0.4, 0.5) is 5.69 Å². The summed E-state index contributed by atoms with van der Waals surface area (Å²) in [5, 5.41) is 8.25. The van der Waals surface area contributed by atoms with Gasteiger partial charge in [0, 0.05) is 11.3 Å². The number of nitrogens with zero attached hydrogens (tertiary/aromatic N) is 3. The van der Waals surface area contributed by atoms with Crippen LogP contribution in [0.15, 0.2) is 57.9 Å². The molecule has 2 aromatic carbocycles. The first-order valence-corrected chi connectivity index (χ1v) is 9.68. The van der Waals surface area contributed by atoms with Crippen LogP contribution in [-0.4, -0.2) is 21.7 Å². The largest absolute Gasteiger partial charge is 0.497 e.